The van der Waals surface area contributed by atoms with Gasteiger partial charge in [0.2, 0.25) is 5.95 Å². The standard InChI is InChI=1S/C16H16N4O4/c1-3-24-15(23)12-9(2)19-16-17-8-18-20(16)13(12)10-4-6-11(7-5-10)14(21)22/h4-8,13H,3H2,1-2H3,(H,21,22)(H,17,18,19). The van der Waals surface area contributed by atoms with E-state index in [0.717, 1.165) is 5.56 Å². The van der Waals surface area contributed by atoms with Gasteiger partial charge in [0, 0.05) is 5.70 Å². The summed E-state index contributed by atoms with van der Waals surface area (Å²) >= 11 is 0. The lowest BCUT2D eigenvalue weighted by atomic mass is 9.95. The highest BCUT2D eigenvalue weighted by Gasteiger charge is 2.34. The molecule has 1 aliphatic heterocycles. The molecule has 24 heavy (non-hydrogen) atoms. The van der Waals surface area contributed by atoms with Crippen LogP contribution in [-0.4, -0.2) is 38.4 Å². The molecule has 0 amide bonds. The third-order valence-corrected chi connectivity index (χ3v) is 3.76. The molecule has 0 fully saturated rings. The number of nitrogens with zero attached hydrogens (tertiary/aromatic N) is 3. The topological polar surface area (TPSA) is 106 Å². The summed E-state index contributed by atoms with van der Waals surface area (Å²) in [6.45, 7) is 3.76. The van der Waals surface area contributed by atoms with Crippen LogP contribution in [0.3, 0.4) is 0 Å². The van der Waals surface area contributed by atoms with Gasteiger partial charge in [0.15, 0.2) is 0 Å². The molecule has 0 saturated carbocycles. The second kappa shape index (κ2) is 6.15. The quantitative estimate of drug-likeness (QED) is 0.825. The number of esters is 1. The Morgan fingerprint density at radius 2 is 2.04 bits per heavy atom. The number of carbonyl (C=O) groups excluding carboxylic acids is 1. The molecule has 1 unspecified atom stereocenters. The van der Waals surface area contributed by atoms with E-state index < -0.39 is 18.0 Å². The molecule has 0 spiro atoms. The van der Waals surface area contributed by atoms with Gasteiger partial charge < -0.3 is 15.2 Å². The van der Waals surface area contributed by atoms with Crippen LogP contribution >= 0.6 is 0 Å². The maximum absolute atomic E-state index is 12.4. The summed E-state index contributed by atoms with van der Waals surface area (Å²) in [4.78, 5) is 27.6. The Hall–Kier alpha value is -3.16. The van der Waals surface area contributed by atoms with E-state index in [1.807, 2.05) is 0 Å². The summed E-state index contributed by atoms with van der Waals surface area (Å²) < 4.78 is 6.74. The Morgan fingerprint density at radius 1 is 1.33 bits per heavy atom. The molecule has 0 radical (unpaired) electrons. The van der Waals surface area contributed by atoms with Crippen LogP contribution in [0.5, 0.6) is 0 Å². The number of aromatic carboxylic acids is 1. The van der Waals surface area contributed by atoms with E-state index in [-0.39, 0.29) is 12.2 Å². The van der Waals surface area contributed by atoms with Crippen LogP contribution in [0.15, 0.2) is 41.9 Å². The van der Waals surface area contributed by atoms with E-state index in [1.165, 1.54) is 18.5 Å². The molecule has 1 aromatic heterocycles. The number of aromatic nitrogens is 3. The average molecular weight is 328 g/mol. The lowest BCUT2D eigenvalue weighted by molar-refractivity contribution is -0.139. The Balaban J connectivity index is 2.10. The molecule has 0 bridgehead atoms. The molecular formula is C16H16N4O4. The second-order valence-electron chi connectivity index (χ2n) is 5.24. The number of carboxylic acid groups (broad SMARTS) is 1. The highest BCUT2D eigenvalue weighted by molar-refractivity contribution is 5.92. The molecule has 3 rings (SSSR count). The van der Waals surface area contributed by atoms with Crippen molar-refractivity contribution in [3.63, 3.8) is 0 Å². The lowest BCUT2D eigenvalue weighted by Crippen LogP contribution is -2.29. The van der Waals surface area contributed by atoms with Gasteiger partial charge in [0.05, 0.1) is 17.7 Å². The van der Waals surface area contributed by atoms with E-state index in [0.29, 0.717) is 17.2 Å². The fourth-order valence-electron chi connectivity index (χ4n) is 2.68. The van der Waals surface area contributed by atoms with Gasteiger partial charge in [-0.25, -0.2) is 14.3 Å². The molecule has 0 saturated heterocycles. The fraction of sp³-hybridized carbons (Fsp3) is 0.250. The van der Waals surface area contributed by atoms with Gasteiger partial charge in [-0.3, -0.25) is 0 Å². The van der Waals surface area contributed by atoms with Gasteiger partial charge in [-0.15, -0.1) is 0 Å². The van der Waals surface area contributed by atoms with E-state index in [9.17, 15) is 9.59 Å². The summed E-state index contributed by atoms with van der Waals surface area (Å²) in [5, 5.41) is 16.3. The molecule has 1 aromatic carbocycles. The second-order valence-corrected chi connectivity index (χ2v) is 5.24. The number of allylic oxidation sites excluding steroid dienone is 1. The average Bonchev–Trinajstić information content (AvgIpc) is 3.01. The smallest absolute Gasteiger partial charge is 0.338 e. The van der Waals surface area contributed by atoms with Gasteiger partial charge in [0.25, 0.3) is 0 Å². The zero-order valence-corrected chi connectivity index (χ0v) is 13.2. The zero-order valence-electron chi connectivity index (χ0n) is 13.2. The summed E-state index contributed by atoms with van der Waals surface area (Å²) in [5.41, 5.74) is 1.93. The van der Waals surface area contributed by atoms with Crippen LogP contribution in [0.2, 0.25) is 0 Å². The first kappa shape index (κ1) is 15.7. The van der Waals surface area contributed by atoms with Crippen molar-refractivity contribution in [2.45, 2.75) is 19.9 Å². The summed E-state index contributed by atoms with van der Waals surface area (Å²) in [7, 11) is 0. The van der Waals surface area contributed by atoms with Gasteiger partial charge in [0.1, 0.15) is 12.4 Å². The van der Waals surface area contributed by atoms with Crippen molar-refractivity contribution in [3.05, 3.63) is 53.0 Å². The predicted octanol–water partition coefficient (Wildman–Crippen LogP) is 1.83. The summed E-state index contributed by atoms with van der Waals surface area (Å²) in [6, 6.07) is 5.78. The largest absolute Gasteiger partial charge is 0.478 e. The number of hydrogen-bond acceptors (Lipinski definition) is 6. The van der Waals surface area contributed by atoms with Crippen molar-refractivity contribution >= 4 is 17.9 Å². The van der Waals surface area contributed by atoms with Crippen LogP contribution in [0.4, 0.5) is 5.95 Å². The predicted molar refractivity (Wildman–Crippen MR) is 84.5 cm³/mol. The van der Waals surface area contributed by atoms with Gasteiger partial charge in [-0.1, -0.05) is 12.1 Å². The molecule has 1 atom stereocenters. The first-order chi connectivity index (χ1) is 11.5. The van der Waals surface area contributed by atoms with Crippen molar-refractivity contribution in [1.29, 1.82) is 0 Å². The van der Waals surface area contributed by atoms with Crippen molar-refractivity contribution in [3.8, 4) is 0 Å². The maximum Gasteiger partial charge on any atom is 0.338 e. The van der Waals surface area contributed by atoms with Crippen molar-refractivity contribution in [2.24, 2.45) is 0 Å². The summed E-state index contributed by atoms with van der Waals surface area (Å²) in [6.07, 6.45) is 1.39. The first-order valence-electron chi connectivity index (χ1n) is 7.40. The minimum Gasteiger partial charge on any atom is -0.478 e. The number of carboxylic acids is 1. The SMILES string of the molecule is CCOC(=O)C1=C(C)Nc2ncnn2C1c1ccc(C(=O)O)cc1. The number of ether oxygens (including phenoxy) is 1. The Kier molecular flexibility index (Phi) is 4.03. The third-order valence-electron chi connectivity index (χ3n) is 3.76. The van der Waals surface area contributed by atoms with Crippen LogP contribution in [0, 0.1) is 0 Å². The Morgan fingerprint density at radius 3 is 2.67 bits per heavy atom. The maximum atomic E-state index is 12.4. The summed E-state index contributed by atoms with van der Waals surface area (Å²) in [5.74, 6) is -0.950. The van der Waals surface area contributed by atoms with Crippen LogP contribution in [-0.2, 0) is 9.53 Å². The number of anilines is 1. The minimum absolute atomic E-state index is 0.171. The lowest BCUT2D eigenvalue weighted by Gasteiger charge is -2.28. The molecule has 8 nitrogen and oxygen atoms in total. The molecule has 124 valence electrons. The number of benzene rings is 1. The molecular weight excluding hydrogens is 312 g/mol. The van der Waals surface area contributed by atoms with E-state index in [1.54, 1.807) is 30.7 Å². The highest BCUT2D eigenvalue weighted by atomic mass is 16.5. The number of carbonyl (C=O) groups is 2. The minimum atomic E-state index is -1.01. The van der Waals surface area contributed by atoms with Gasteiger partial charge in [-0.05, 0) is 31.5 Å². The Bertz CT molecular complexity index is 823. The van der Waals surface area contributed by atoms with Crippen LogP contribution in [0.25, 0.3) is 0 Å². The molecule has 2 heterocycles. The molecule has 0 aliphatic carbocycles. The zero-order chi connectivity index (χ0) is 17.3. The third kappa shape index (κ3) is 2.62. The van der Waals surface area contributed by atoms with E-state index >= 15 is 0 Å². The Labute approximate surface area is 137 Å². The first-order valence-corrected chi connectivity index (χ1v) is 7.40. The van der Waals surface area contributed by atoms with Gasteiger partial charge >= 0.3 is 11.9 Å². The van der Waals surface area contributed by atoms with E-state index in [2.05, 4.69) is 15.4 Å². The fourth-order valence-corrected chi connectivity index (χ4v) is 2.68. The highest BCUT2D eigenvalue weighted by Crippen LogP contribution is 2.35. The number of nitrogens with one attached hydrogen (secondary N) is 1. The number of hydrogen-bond donors (Lipinski definition) is 2. The molecule has 1 aliphatic rings. The van der Waals surface area contributed by atoms with Crippen molar-refractivity contribution < 1.29 is 19.4 Å². The molecule has 2 N–H and O–H groups in total. The molecule has 2 aromatic rings. The van der Waals surface area contributed by atoms with E-state index in [4.69, 9.17) is 9.84 Å². The van der Waals surface area contributed by atoms with Crippen LogP contribution < -0.4 is 5.32 Å². The van der Waals surface area contributed by atoms with Gasteiger partial charge in [-0.2, -0.15) is 10.1 Å². The molecule has 8 heteroatoms. The van der Waals surface area contributed by atoms with Crippen molar-refractivity contribution in [1.82, 2.24) is 14.8 Å². The monoisotopic (exact) mass is 328 g/mol. The number of rotatable bonds is 4. The number of fused-ring (bicyclic) bond motifs is 1. The normalized spacial score (nSPS) is 16.3. The van der Waals surface area contributed by atoms with Crippen LogP contribution in [0.1, 0.15) is 35.8 Å². The van der Waals surface area contributed by atoms with Crippen molar-refractivity contribution in [2.75, 3.05) is 11.9 Å².